The molecule has 0 radical (unpaired) electrons. The summed E-state index contributed by atoms with van der Waals surface area (Å²) in [5.74, 6) is -3.24. The second-order valence-electron chi connectivity index (χ2n) is 22.2. The van der Waals surface area contributed by atoms with Crippen LogP contribution in [0.4, 0.5) is 19.2 Å². The number of benzene rings is 8. The van der Waals surface area contributed by atoms with E-state index < -0.39 is 72.1 Å². The molecule has 0 unspecified atom stereocenters. The monoisotopic (exact) mass is 1330 g/mol. The standard InChI is InChI=1S/C75H77N9O14/c1-84(45-43-66(85)94-49-57-28-13-4-14-29-57)69(88)65(47-54-24-9-2-10-25-54)78-67(86)63(38-23-44-76-70(80-72(89)95-50-58-30-15-5-16-31-58)81-73(90)96-51-59-32-17-6-18-33-59)77-68(87)64(46-55-39-41-62(42-40-55)93-48-56-26-11-3-12-27-56)79-71(82-74(91)97-52-60-34-19-7-20-35-60)83-75(92)98-53-61-36-21-8-22-37-61/h2-22,24-37,39-42,63-65H,23,38,43-53H2,1H3,(H,77,87)(H,78,86)(H2,76,80,81,89,90)(H2,79,82,83,91,92)/t63-,64+,65+/m1/s1. The van der Waals surface area contributed by atoms with Gasteiger partial charge in [0.25, 0.3) is 0 Å². The molecule has 8 aromatic carbocycles. The van der Waals surface area contributed by atoms with Crippen molar-refractivity contribution in [2.75, 3.05) is 20.1 Å². The van der Waals surface area contributed by atoms with Gasteiger partial charge in [-0.3, -0.25) is 29.8 Å². The van der Waals surface area contributed by atoms with Crippen LogP contribution in [0.1, 0.15) is 63.8 Å². The quantitative estimate of drug-likeness (QED) is 0.00802. The molecular weight excluding hydrogens is 1250 g/mol. The summed E-state index contributed by atoms with van der Waals surface area (Å²) in [6, 6.07) is 65.5. The number of esters is 1. The Labute approximate surface area is 568 Å². The van der Waals surface area contributed by atoms with Gasteiger partial charge in [-0.25, -0.2) is 19.2 Å². The Hall–Kier alpha value is -12.1. The lowest BCUT2D eigenvalue weighted by Crippen LogP contribution is -2.58. The zero-order valence-corrected chi connectivity index (χ0v) is 54.0. The molecule has 8 aromatic rings. The Bertz CT molecular complexity index is 3880. The lowest BCUT2D eigenvalue weighted by atomic mass is 10.0. The average Bonchev–Trinajstić information content (AvgIpc) is 1.21. The third-order valence-corrected chi connectivity index (χ3v) is 14.7. The lowest BCUT2D eigenvalue weighted by molar-refractivity contribution is -0.146. The van der Waals surface area contributed by atoms with E-state index in [1.54, 1.807) is 170 Å². The Kier molecular flexibility index (Phi) is 28.9. The SMILES string of the molecule is CN(CCC(=O)OCc1ccccc1)C(=O)[C@H](Cc1ccccc1)NC(=O)[C@@H](CCCN/C(=N\C(=O)OCc1ccccc1)NC(=O)OCc1ccccc1)NC(=O)[C@H](Cc1ccc(OCc2ccccc2)cc1)N/C(=N/C(=O)OCc1ccccc1)NC(=O)OCc1ccccc1. The van der Waals surface area contributed by atoms with Gasteiger partial charge in [-0.1, -0.05) is 224 Å². The van der Waals surface area contributed by atoms with Gasteiger partial charge in [0, 0.05) is 33.0 Å². The molecule has 0 aliphatic carbocycles. The van der Waals surface area contributed by atoms with Gasteiger partial charge < -0.3 is 54.6 Å². The van der Waals surface area contributed by atoms with Crippen molar-refractivity contribution in [1.29, 1.82) is 0 Å². The van der Waals surface area contributed by atoms with Crippen molar-refractivity contribution in [2.24, 2.45) is 9.98 Å². The normalized spacial score (nSPS) is 12.0. The maximum Gasteiger partial charge on any atom is 0.437 e. The van der Waals surface area contributed by atoms with Crippen LogP contribution in [0, 0.1) is 0 Å². The fourth-order valence-corrected chi connectivity index (χ4v) is 9.50. The van der Waals surface area contributed by atoms with Crippen LogP contribution in [0.2, 0.25) is 0 Å². The Morgan fingerprint density at radius 1 is 0.388 bits per heavy atom. The zero-order valence-electron chi connectivity index (χ0n) is 54.0. The molecule has 0 bridgehead atoms. The number of nitrogens with zero attached hydrogens (tertiary/aromatic N) is 3. The first kappa shape index (κ1) is 71.7. The maximum absolute atomic E-state index is 15.4. The Morgan fingerprint density at radius 3 is 1.22 bits per heavy atom. The van der Waals surface area contributed by atoms with E-state index in [2.05, 4.69) is 41.9 Å². The minimum atomic E-state index is -1.49. The molecule has 0 saturated carbocycles. The molecule has 8 rings (SSSR count). The van der Waals surface area contributed by atoms with Crippen LogP contribution in [0.3, 0.4) is 0 Å². The molecule has 506 valence electrons. The number of nitrogens with one attached hydrogen (secondary N) is 6. The number of ether oxygens (including phenoxy) is 6. The van der Waals surface area contributed by atoms with Gasteiger partial charge >= 0.3 is 30.3 Å². The van der Waals surface area contributed by atoms with Gasteiger partial charge in [-0.2, -0.15) is 0 Å². The highest BCUT2D eigenvalue weighted by Crippen LogP contribution is 2.17. The molecule has 6 N–H and O–H groups in total. The van der Waals surface area contributed by atoms with Crippen molar-refractivity contribution in [3.8, 4) is 5.75 Å². The van der Waals surface area contributed by atoms with Crippen LogP contribution < -0.4 is 36.6 Å². The number of alkyl carbamates (subject to hydrolysis) is 2. The molecule has 23 nitrogen and oxygen atoms in total. The summed E-state index contributed by atoms with van der Waals surface area (Å²) in [4.78, 5) is 121. The van der Waals surface area contributed by atoms with Crippen molar-refractivity contribution in [3.63, 3.8) is 0 Å². The number of hydrogen-bond acceptors (Lipinski definition) is 14. The maximum atomic E-state index is 15.4. The first-order chi connectivity index (χ1) is 47.8. The molecule has 0 fully saturated rings. The topological polar surface area (TPSA) is 292 Å². The van der Waals surface area contributed by atoms with Gasteiger partial charge in [-0.05, 0) is 69.5 Å². The Balaban J connectivity index is 1.08. The number of hydrogen-bond donors (Lipinski definition) is 6. The number of carbonyl (C=O) groups is 8. The van der Waals surface area contributed by atoms with E-state index in [9.17, 15) is 28.8 Å². The predicted molar refractivity (Wildman–Crippen MR) is 365 cm³/mol. The van der Waals surface area contributed by atoms with Crippen LogP contribution in [0.25, 0.3) is 0 Å². The van der Waals surface area contributed by atoms with Crippen molar-refractivity contribution in [1.82, 2.24) is 36.8 Å². The molecule has 98 heavy (non-hydrogen) atoms. The van der Waals surface area contributed by atoms with Crippen LogP contribution in [-0.2, 0) is 95.3 Å². The molecule has 7 amide bonds. The van der Waals surface area contributed by atoms with Crippen molar-refractivity contribution < 1.29 is 66.8 Å². The number of carbonyl (C=O) groups excluding carboxylic acids is 8. The summed E-state index contributed by atoms with van der Waals surface area (Å²) in [7, 11) is 1.49. The second kappa shape index (κ2) is 39.5. The largest absolute Gasteiger partial charge is 0.489 e. The van der Waals surface area contributed by atoms with Crippen molar-refractivity contribution in [2.45, 2.75) is 89.9 Å². The fraction of sp³-hybridized carbons (Fsp3) is 0.227. The number of likely N-dealkylation sites (N-methyl/N-ethyl adjacent to an activating group) is 1. The first-order valence-electron chi connectivity index (χ1n) is 31.7. The molecule has 0 aromatic heterocycles. The third-order valence-electron chi connectivity index (χ3n) is 14.7. The van der Waals surface area contributed by atoms with E-state index in [0.717, 1.165) is 11.1 Å². The molecule has 0 saturated heterocycles. The van der Waals surface area contributed by atoms with E-state index in [1.807, 2.05) is 66.7 Å². The highest BCUT2D eigenvalue weighted by molar-refractivity contribution is 6.02. The molecule has 23 heteroatoms. The minimum absolute atomic E-state index is 0.00318. The molecule has 0 aliphatic rings. The Morgan fingerprint density at radius 2 is 0.755 bits per heavy atom. The third kappa shape index (κ3) is 26.3. The summed E-state index contributed by atoms with van der Waals surface area (Å²) >= 11 is 0. The smallest absolute Gasteiger partial charge is 0.437 e. The van der Waals surface area contributed by atoms with E-state index in [1.165, 1.54) is 11.9 Å². The first-order valence-corrected chi connectivity index (χ1v) is 31.7. The van der Waals surface area contributed by atoms with Crippen LogP contribution in [0.15, 0.2) is 247 Å². The summed E-state index contributed by atoms with van der Waals surface area (Å²) in [6.07, 6.45) is -4.82. The van der Waals surface area contributed by atoms with E-state index in [0.29, 0.717) is 39.1 Å². The lowest BCUT2D eigenvalue weighted by Gasteiger charge is -2.28. The molecule has 0 spiro atoms. The highest BCUT2D eigenvalue weighted by atomic mass is 16.6. The fourth-order valence-electron chi connectivity index (χ4n) is 9.50. The number of aliphatic imine (C=N–C) groups is 2. The summed E-state index contributed by atoms with van der Waals surface area (Å²) in [6.45, 7) is -0.544. The molecule has 0 heterocycles. The summed E-state index contributed by atoms with van der Waals surface area (Å²) < 4.78 is 33.4. The van der Waals surface area contributed by atoms with E-state index >= 15 is 9.59 Å². The van der Waals surface area contributed by atoms with E-state index in [-0.39, 0.29) is 90.8 Å². The van der Waals surface area contributed by atoms with Crippen LogP contribution in [-0.4, -0.2) is 103 Å². The van der Waals surface area contributed by atoms with Crippen LogP contribution >= 0.6 is 0 Å². The van der Waals surface area contributed by atoms with Crippen molar-refractivity contribution in [3.05, 3.63) is 281 Å². The van der Waals surface area contributed by atoms with Gasteiger partial charge in [0.1, 0.15) is 63.5 Å². The second-order valence-corrected chi connectivity index (χ2v) is 22.2. The molecule has 0 aliphatic heterocycles. The number of amides is 7. The summed E-state index contributed by atoms with van der Waals surface area (Å²) in [5.41, 5.74) is 5.55. The molecule has 3 atom stereocenters. The van der Waals surface area contributed by atoms with Crippen molar-refractivity contribution >= 4 is 60.0 Å². The van der Waals surface area contributed by atoms with Crippen LogP contribution in [0.5, 0.6) is 5.75 Å². The zero-order chi connectivity index (χ0) is 68.9. The predicted octanol–water partition coefficient (Wildman–Crippen LogP) is 10.2. The van der Waals surface area contributed by atoms with Gasteiger partial charge in [0.2, 0.25) is 29.6 Å². The van der Waals surface area contributed by atoms with Gasteiger partial charge in [0.15, 0.2) is 0 Å². The minimum Gasteiger partial charge on any atom is -0.489 e. The molecular formula is C75H77N9O14. The van der Waals surface area contributed by atoms with Gasteiger partial charge in [-0.15, -0.1) is 9.98 Å². The summed E-state index contributed by atoms with van der Waals surface area (Å²) in [5, 5.41) is 16.5. The highest BCUT2D eigenvalue weighted by Gasteiger charge is 2.32. The number of guanidine groups is 2. The number of rotatable bonds is 30. The van der Waals surface area contributed by atoms with Gasteiger partial charge in [0.05, 0.1) is 6.42 Å². The average molecular weight is 1330 g/mol. The van der Waals surface area contributed by atoms with E-state index in [4.69, 9.17) is 28.4 Å².